The summed E-state index contributed by atoms with van der Waals surface area (Å²) in [6.45, 7) is 5.14. The number of halogens is 6. The van der Waals surface area contributed by atoms with Crippen molar-refractivity contribution in [2.75, 3.05) is 0 Å². The number of hydrogen-bond acceptors (Lipinski definition) is 4. The zero-order valence-corrected chi connectivity index (χ0v) is 21.9. The van der Waals surface area contributed by atoms with Crippen LogP contribution in [0.1, 0.15) is 53.5 Å². The van der Waals surface area contributed by atoms with Crippen LogP contribution >= 0.6 is 47.4 Å². The molecule has 0 spiro atoms. The zero-order chi connectivity index (χ0) is 26.3. The van der Waals surface area contributed by atoms with Gasteiger partial charge in [0.2, 0.25) is 0 Å². The Hall–Kier alpha value is -1.93. The number of rotatable bonds is 5. The molecule has 0 aliphatic carbocycles. The topological polar surface area (TPSA) is 43.4 Å². The molecule has 0 saturated heterocycles. The van der Waals surface area contributed by atoms with Crippen LogP contribution < -0.4 is 0 Å². The van der Waals surface area contributed by atoms with Gasteiger partial charge in [0.25, 0.3) is 0 Å². The van der Waals surface area contributed by atoms with Gasteiger partial charge in [-0.15, -0.1) is 0 Å². The van der Waals surface area contributed by atoms with E-state index in [-0.39, 0.29) is 26.2 Å². The van der Waals surface area contributed by atoms with E-state index >= 15 is 0 Å². The van der Waals surface area contributed by atoms with E-state index in [1.165, 1.54) is 12.1 Å². The van der Waals surface area contributed by atoms with Gasteiger partial charge in [-0.1, -0.05) is 59.1 Å². The Balaban J connectivity index is 2.10. The smallest absolute Gasteiger partial charge is 0.407 e. The van der Waals surface area contributed by atoms with Crippen molar-refractivity contribution < 1.29 is 27.5 Å². The molecule has 0 heterocycles. The van der Waals surface area contributed by atoms with Gasteiger partial charge in [-0.2, -0.15) is 25.8 Å². The molecule has 0 amide bonds. The lowest BCUT2D eigenvalue weighted by molar-refractivity contribution is -0.160. The average molecular weight is 564 g/mol. The van der Waals surface area contributed by atoms with Crippen molar-refractivity contribution in [2.45, 2.75) is 43.7 Å². The van der Waals surface area contributed by atoms with Gasteiger partial charge in [0.1, 0.15) is 10.3 Å². The number of fused-ring (bicyclic) bond motifs is 1. The summed E-state index contributed by atoms with van der Waals surface area (Å²) in [4.78, 5) is 26.0. The summed E-state index contributed by atoms with van der Waals surface area (Å²) in [6, 6.07) is 11.1. The molecule has 3 aromatic carbocycles. The molecule has 0 bridgehead atoms. The van der Waals surface area contributed by atoms with E-state index in [1.807, 2.05) is 0 Å². The van der Waals surface area contributed by atoms with Crippen molar-refractivity contribution in [1.29, 1.82) is 0 Å². The van der Waals surface area contributed by atoms with Crippen LogP contribution in [-0.4, -0.2) is 23.5 Å². The number of carbonyl (C=O) groups excluding carboxylic acids is 2. The first-order valence-corrected chi connectivity index (χ1v) is 11.9. The second-order valence-electron chi connectivity index (χ2n) is 8.92. The van der Waals surface area contributed by atoms with Gasteiger partial charge in [0.15, 0.2) is 5.78 Å². The monoisotopic (exact) mass is 562 g/mol. The van der Waals surface area contributed by atoms with E-state index in [0.29, 0.717) is 10.8 Å². The Labute approximate surface area is 220 Å². The molecule has 0 aromatic heterocycles. The average Bonchev–Trinajstić information content (AvgIpc) is 2.74. The lowest BCUT2D eigenvalue weighted by Crippen LogP contribution is -2.39. The summed E-state index contributed by atoms with van der Waals surface area (Å²) in [5.74, 6) is -1.46. The Bertz CT molecular complexity index is 1300. The molecule has 35 heavy (non-hydrogen) atoms. The fourth-order valence-corrected chi connectivity index (χ4v) is 4.41. The summed E-state index contributed by atoms with van der Waals surface area (Å²) in [7, 11) is 0. The minimum absolute atomic E-state index is 0.00161. The molecule has 0 N–H and O–H groups in total. The van der Waals surface area contributed by atoms with Crippen molar-refractivity contribution in [3.63, 3.8) is 0 Å². The van der Waals surface area contributed by atoms with E-state index < -0.39 is 40.3 Å². The third-order valence-electron chi connectivity index (χ3n) is 5.19. The highest BCUT2D eigenvalue weighted by molar-refractivity contribution is 7.81. The number of ketones is 1. The highest BCUT2D eigenvalue weighted by Crippen LogP contribution is 2.50. The molecule has 0 aliphatic rings. The summed E-state index contributed by atoms with van der Waals surface area (Å²) >= 11 is 21.7. The molecule has 10 heteroatoms. The Morgan fingerprint density at radius 1 is 0.886 bits per heavy atom. The third kappa shape index (κ3) is 5.74. The highest BCUT2D eigenvalue weighted by Gasteiger charge is 2.55. The quantitative estimate of drug-likeness (QED) is 0.146. The van der Waals surface area contributed by atoms with Crippen LogP contribution in [0.25, 0.3) is 10.8 Å². The standard InChI is InChI=1S/C25H20Cl3F3O3S/c1-23(2,3)34-22(33)17-9-8-16(14-6-4-5-7-15(14)17)20(32)12-24(35,25(29,30)31)13-10-18(26)21(28)19(27)11-13/h4-11,35H,12H2,1-3H3. The van der Waals surface area contributed by atoms with Gasteiger partial charge in [-0.25, -0.2) is 4.79 Å². The molecule has 0 saturated carbocycles. The first kappa shape index (κ1) is 27.7. The second-order valence-corrected chi connectivity index (χ2v) is 10.9. The maximum absolute atomic E-state index is 14.3. The van der Waals surface area contributed by atoms with Gasteiger partial charge in [-0.3, -0.25) is 4.79 Å². The van der Waals surface area contributed by atoms with Crippen molar-refractivity contribution in [2.24, 2.45) is 0 Å². The van der Waals surface area contributed by atoms with Gasteiger partial charge < -0.3 is 4.74 Å². The van der Waals surface area contributed by atoms with Gasteiger partial charge in [0.05, 0.1) is 20.6 Å². The maximum atomic E-state index is 14.3. The number of alkyl halides is 3. The molecule has 186 valence electrons. The number of carbonyl (C=O) groups is 2. The van der Waals surface area contributed by atoms with Crippen LogP contribution in [0.2, 0.25) is 15.1 Å². The molecule has 0 fully saturated rings. The normalized spacial score (nSPS) is 14.0. The predicted molar refractivity (Wildman–Crippen MR) is 136 cm³/mol. The van der Waals surface area contributed by atoms with Crippen LogP contribution in [0, 0.1) is 0 Å². The van der Waals surface area contributed by atoms with E-state index in [2.05, 4.69) is 12.6 Å². The minimum Gasteiger partial charge on any atom is -0.456 e. The van der Waals surface area contributed by atoms with Crippen molar-refractivity contribution >= 4 is 70.0 Å². The zero-order valence-electron chi connectivity index (χ0n) is 18.8. The van der Waals surface area contributed by atoms with Gasteiger partial charge in [-0.05, 0) is 61.4 Å². The number of ether oxygens (including phenoxy) is 1. The predicted octanol–water partition coefficient (Wildman–Crippen LogP) is 8.72. The fourth-order valence-electron chi connectivity index (χ4n) is 3.54. The minimum atomic E-state index is -4.95. The molecule has 0 aliphatic heterocycles. The Kier molecular flexibility index (Phi) is 7.78. The summed E-state index contributed by atoms with van der Waals surface area (Å²) in [5, 5.41) is 0.186. The highest BCUT2D eigenvalue weighted by atomic mass is 35.5. The maximum Gasteiger partial charge on any atom is 0.407 e. The SMILES string of the molecule is CC(C)(C)OC(=O)c1ccc(C(=O)CC(S)(c2cc(Cl)c(Cl)c(Cl)c2)C(F)(F)F)c2ccccc12. The molecule has 3 aromatic rings. The molecular formula is C25H20Cl3F3O3S. The second kappa shape index (κ2) is 9.85. The lowest BCUT2D eigenvalue weighted by Gasteiger charge is -2.31. The largest absolute Gasteiger partial charge is 0.456 e. The summed E-state index contributed by atoms with van der Waals surface area (Å²) in [6.07, 6.45) is -6.00. The van der Waals surface area contributed by atoms with Crippen LogP contribution in [0.5, 0.6) is 0 Å². The van der Waals surface area contributed by atoms with Crippen LogP contribution in [0.4, 0.5) is 13.2 Å². The van der Waals surface area contributed by atoms with Crippen LogP contribution in [-0.2, 0) is 9.48 Å². The molecule has 1 unspecified atom stereocenters. The van der Waals surface area contributed by atoms with Crippen molar-refractivity contribution in [1.82, 2.24) is 0 Å². The first-order chi connectivity index (χ1) is 16.0. The van der Waals surface area contributed by atoms with E-state index in [1.54, 1.807) is 45.0 Å². The van der Waals surface area contributed by atoms with Gasteiger partial charge in [0, 0.05) is 12.0 Å². The van der Waals surface area contributed by atoms with E-state index in [9.17, 15) is 22.8 Å². The Morgan fingerprint density at radius 2 is 1.37 bits per heavy atom. The number of benzene rings is 3. The van der Waals surface area contributed by atoms with Crippen LogP contribution in [0.15, 0.2) is 48.5 Å². The molecule has 0 radical (unpaired) electrons. The fraction of sp³-hybridized carbons (Fsp3) is 0.280. The van der Waals surface area contributed by atoms with Crippen molar-refractivity contribution in [3.05, 3.63) is 80.3 Å². The van der Waals surface area contributed by atoms with Crippen molar-refractivity contribution in [3.8, 4) is 0 Å². The number of thiol groups is 1. The number of esters is 1. The number of hydrogen-bond donors (Lipinski definition) is 1. The first-order valence-electron chi connectivity index (χ1n) is 10.3. The lowest BCUT2D eigenvalue weighted by atomic mass is 9.87. The summed E-state index contributed by atoms with van der Waals surface area (Å²) in [5.41, 5.74) is -0.986. The molecule has 1 atom stereocenters. The Morgan fingerprint density at radius 3 is 1.86 bits per heavy atom. The molecular weight excluding hydrogens is 544 g/mol. The van der Waals surface area contributed by atoms with E-state index in [0.717, 1.165) is 12.1 Å². The molecule has 3 nitrogen and oxygen atoms in total. The number of Topliss-reactive ketones (excluding diaryl/α,β-unsaturated/α-hetero) is 1. The summed E-state index contributed by atoms with van der Waals surface area (Å²) < 4.78 is 45.3. The van der Waals surface area contributed by atoms with Crippen LogP contribution in [0.3, 0.4) is 0 Å². The molecule has 3 rings (SSSR count). The van der Waals surface area contributed by atoms with E-state index in [4.69, 9.17) is 39.5 Å². The van der Waals surface area contributed by atoms with Gasteiger partial charge >= 0.3 is 12.1 Å². The third-order valence-corrected chi connectivity index (χ3v) is 7.06.